The standard InChI is InChI=1S/C22H17N5O4/c1-26-17-10-6-5-9-16(17)24-20(26)15(11-23)18(28)12-31-22(30)19-13-7-3-4-8-14(13)21(29)27(2)25-19/h3-10,28H,12H2,1-2H3/b18-15-. The van der Waals surface area contributed by atoms with E-state index in [-0.39, 0.29) is 22.7 Å². The van der Waals surface area contributed by atoms with Gasteiger partial charge in [0.2, 0.25) is 0 Å². The second-order valence-electron chi connectivity index (χ2n) is 6.82. The molecular formula is C22H17N5O4. The van der Waals surface area contributed by atoms with Crippen molar-refractivity contribution < 1.29 is 14.6 Å². The molecule has 0 amide bonds. The number of hydrogen-bond donors (Lipinski definition) is 1. The topological polar surface area (TPSA) is 123 Å². The van der Waals surface area contributed by atoms with Crippen molar-refractivity contribution in [2.24, 2.45) is 14.1 Å². The number of para-hydroxylation sites is 2. The third kappa shape index (κ3) is 3.40. The molecule has 9 heteroatoms. The Balaban J connectivity index is 1.66. The molecule has 31 heavy (non-hydrogen) atoms. The molecule has 154 valence electrons. The largest absolute Gasteiger partial charge is 0.507 e. The van der Waals surface area contributed by atoms with Crippen LogP contribution in [0.5, 0.6) is 0 Å². The number of carbonyl (C=O) groups is 1. The molecule has 0 aliphatic rings. The van der Waals surface area contributed by atoms with Gasteiger partial charge in [0, 0.05) is 19.5 Å². The first-order valence-corrected chi connectivity index (χ1v) is 9.29. The molecule has 0 bridgehead atoms. The van der Waals surface area contributed by atoms with Crippen LogP contribution in [0, 0.1) is 11.3 Å². The number of aromatic nitrogens is 4. The summed E-state index contributed by atoms with van der Waals surface area (Å²) in [6.07, 6.45) is 0. The lowest BCUT2D eigenvalue weighted by molar-refractivity contribution is 0.0496. The molecule has 9 nitrogen and oxygen atoms in total. The minimum atomic E-state index is -0.833. The normalized spacial score (nSPS) is 11.9. The number of nitriles is 1. The van der Waals surface area contributed by atoms with Crippen LogP contribution < -0.4 is 5.56 Å². The van der Waals surface area contributed by atoms with E-state index in [1.54, 1.807) is 41.9 Å². The fourth-order valence-electron chi connectivity index (χ4n) is 3.34. The zero-order valence-corrected chi connectivity index (χ0v) is 16.7. The number of nitrogens with zero attached hydrogens (tertiary/aromatic N) is 5. The monoisotopic (exact) mass is 415 g/mol. The van der Waals surface area contributed by atoms with Gasteiger partial charge in [0.25, 0.3) is 5.56 Å². The van der Waals surface area contributed by atoms with Crippen molar-refractivity contribution in [2.45, 2.75) is 0 Å². The fourth-order valence-corrected chi connectivity index (χ4v) is 3.34. The van der Waals surface area contributed by atoms with Gasteiger partial charge >= 0.3 is 5.97 Å². The van der Waals surface area contributed by atoms with Crippen LogP contribution in [0.2, 0.25) is 0 Å². The van der Waals surface area contributed by atoms with Crippen LogP contribution in [0.25, 0.3) is 27.4 Å². The Hall–Kier alpha value is -4.45. The number of aliphatic hydroxyl groups is 1. The highest BCUT2D eigenvalue weighted by Gasteiger charge is 2.20. The van der Waals surface area contributed by atoms with Crippen molar-refractivity contribution in [3.63, 3.8) is 0 Å². The number of fused-ring (bicyclic) bond motifs is 2. The van der Waals surface area contributed by atoms with Crippen LogP contribution >= 0.6 is 0 Å². The van der Waals surface area contributed by atoms with E-state index in [1.165, 1.54) is 7.05 Å². The molecule has 0 radical (unpaired) electrons. The lowest BCUT2D eigenvalue weighted by atomic mass is 10.1. The minimum absolute atomic E-state index is 0.0632. The molecule has 0 atom stereocenters. The molecule has 0 aliphatic carbocycles. The van der Waals surface area contributed by atoms with Gasteiger partial charge in [-0.1, -0.05) is 30.3 Å². The number of allylic oxidation sites excluding steroid dienone is 1. The van der Waals surface area contributed by atoms with Crippen LogP contribution in [-0.4, -0.2) is 37.0 Å². The molecule has 0 spiro atoms. The van der Waals surface area contributed by atoms with Crippen molar-refractivity contribution in [3.8, 4) is 6.07 Å². The Labute approximate surface area is 176 Å². The summed E-state index contributed by atoms with van der Waals surface area (Å²) in [7, 11) is 3.16. The highest BCUT2D eigenvalue weighted by Crippen LogP contribution is 2.22. The molecule has 0 unspecified atom stereocenters. The number of imidazole rings is 1. The molecule has 2 heterocycles. The Morgan fingerprint density at radius 2 is 1.81 bits per heavy atom. The predicted molar refractivity (Wildman–Crippen MR) is 113 cm³/mol. The number of aryl methyl sites for hydroxylation is 2. The smallest absolute Gasteiger partial charge is 0.359 e. The number of ether oxygens (including phenoxy) is 1. The summed E-state index contributed by atoms with van der Waals surface area (Å²) in [5, 5.41) is 24.7. The fraction of sp³-hybridized carbons (Fsp3) is 0.136. The summed E-state index contributed by atoms with van der Waals surface area (Å²) in [6, 6.07) is 15.8. The lowest BCUT2D eigenvalue weighted by Crippen LogP contribution is -2.24. The molecule has 4 rings (SSSR count). The number of aliphatic hydroxyl groups excluding tert-OH is 1. The molecule has 0 aliphatic heterocycles. The number of rotatable bonds is 4. The maximum Gasteiger partial charge on any atom is 0.359 e. The number of hydrogen-bond acceptors (Lipinski definition) is 7. The number of esters is 1. The van der Waals surface area contributed by atoms with E-state index in [4.69, 9.17) is 4.74 Å². The van der Waals surface area contributed by atoms with Crippen LogP contribution in [0.15, 0.2) is 59.1 Å². The zero-order chi connectivity index (χ0) is 22.1. The summed E-state index contributed by atoms with van der Waals surface area (Å²) >= 11 is 0. The van der Waals surface area contributed by atoms with Crippen molar-refractivity contribution in [3.05, 3.63) is 76.2 Å². The minimum Gasteiger partial charge on any atom is -0.507 e. The van der Waals surface area contributed by atoms with Crippen molar-refractivity contribution in [1.29, 1.82) is 5.26 Å². The zero-order valence-electron chi connectivity index (χ0n) is 16.7. The average Bonchev–Trinajstić information content (AvgIpc) is 3.11. The van der Waals surface area contributed by atoms with Gasteiger partial charge in [-0.25, -0.2) is 14.5 Å². The van der Waals surface area contributed by atoms with E-state index in [9.17, 15) is 20.0 Å². The summed E-state index contributed by atoms with van der Waals surface area (Å²) in [4.78, 5) is 29.2. The van der Waals surface area contributed by atoms with Gasteiger partial charge in [0.1, 0.15) is 18.2 Å². The third-order valence-corrected chi connectivity index (χ3v) is 4.90. The summed E-state index contributed by atoms with van der Waals surface area (Å²) in [5.74, 6) is -1.02. The van der Waals surface area contributed by atoms with Crippen molar-refractivity contribution >= 4 is 33.3 Å². The first-order valence-electron chi connectivity index (χ1n) is 9.29. The van der Waals surface area contributed by atoms with Gasteiger partial charge in [-0.05, 0) is 18.2 Å². The molecule has 1 N–H and O–H groups in total. The molecule has 0 saturated heterocycles. The maximum atomic E-state index is 12.6. The van der Waals surface area contributed by atoms with Gasteiger partial charge in [-0.2, -0.15) is 10.4 Å². The predicted octanol–water partition coefficient (Wildman–Crippen LogP) is 2.47. The molecule has 2 aromatic carbocycles. The Morgan fingerprint density at radius 3 is 2.52 bits per heavy atom. The van der Waals surface area contributed by atoms with E-state index >= 15 is 0 Å². The Kier molecular flexibility index (Phi) is 4.97. The van der Waals surface area contributed by atoms with E-state index < -0.39 is 18.3 Å². The number of carbonyl (C=O) groups excluding carboxylic acids is 1. The van der Waals surface area contributed by atoms with E-state index in [1.807, 2.05) is 24.3 Å². The third-order valence-electron chi connectivity index (χ3n) is 4.90. The second-order valence-corrected chi connectivity index (χ2v) is 6.82. The number of benzene rings is 2. The van der Waals surface area contributed by atoms with E-state index in [0.717, 1.165) is 10.2 Å². The van der Waals surface area contributed by atoms with Crippen LogP contribution in [0.1, 0.15) is 16.3 Å². The van der Waals surface area contributed by atoms with Crippen LogP contribution in [-0.2, 0) is 18.8 Å². The van der Waals surface area contributed by atoms with Crippen molar-refractivity contribution in [2.75, 3.05) is 6.61 Å². The van der Waals surface area contributed by atoms with Gasteiger partial charge < -0.3 is 14.4 Å². The lowest BCUT2D eigenvalue weighted by Gasteiger charge is -2.09. The molecule has 2 aromatic heterocycles. The molecular weight excluding hydrogens is 398 g/mol. The highest BCUT2D eigenvalue weighted by atomic mass is 16.5. The molecule has 0 saturated carbocycles. The van der Waals surface area contributed by atoms with Crippen LogP contribution in [0.4, 0.5) is 0 Å². The SMILES string of the molecule is Cn1nc(C(=O)OC/C(O)=C(\C#N)c2nc3ccccc3n2C)c2ccccc2c1=O. The maximum absolute atomic E-state index is 12.6. The first kappa shape index (κ1) is 19.8. The van der Waals surface area contributed by atoms with Gasteiger partial charge in [-0.3, -0.25) is 4.79 Å². The quantitative estimate of drug-likeness (QED) is 0.308. The average molecular weight is 415 g/mol. The second kappa shape index (κ2) is 7.76. The summed E-state index contributed by atoms with van der Waals surface area (Å²) in [5.41, 5.74) is 0.939. The van der Waals surface area contributed by atoms with Gasteiger partial charge in [-0.15, -0.1) is 0 Å². The molecule has 4 aromatic rings. The molecule has 0 fully saturated rings. The van der Waals surface area contributed by atoms with Crippen molar-refractivity contribution in [1.82, 2.24) is 19.3 Å². The van der Waals surface area contributed by atoms with E-state index in [0.29, 0.717) is 16.3 Å². The van der Waals surface area contributed by atoms with Gasteiger partial charge in [0.15, 0.2) is 17.3 Å². The Morgan fingerprint density at radius 1 is 1.13 bits per heavy atom. The summed E-state index contributed by atoms with van der Waals surface area (Å²) < 4.78 is 7.92. The van der Waals surface area contributed by atoms with Crippen LogP contribution in [0.3, 0.4) is 0 Å². The van der Waals surface area contributed by atoms with E-state index in [2.05, 4.69) is 10.1 Å². The van der Waals surface area contributed by atoms with Gasteiger partial charge in [0.05, 0.1) is 16.4 Å². The Bertz CT molecular complexity index is 1470. The highest BCUT2D eigenvalue weighted by molar-refractivity contribution is 6.02. The summed E-state index contributed by atoms with van der Waals surface area (Å²) in [6.45, 7) is -0.552. The first-order chi connectivity index (χ1) is 14.9.